The molecule has 1 aromatic heterocycles. The Balaban J connectivity index is 1.46. The van der Waals surface area contributed by atoms with E-state index in [0.29, 0.717) is 5.56 Å². The predicted molar refractivity (Wildman–Crippen MR) is 88.8 cm³/mol. The van der Waals surface area contributed by atoms with E-state index in [1.54, 1.807) is 0 Å². The predicted octanol–water partition coefficient (Wildman–Crippen LogP) is 3.24. The Kier molecular flexibility index (Phi) is 5.58. The van der Waals surface area contributed by atoms with Crippen molar-refractivity contribution in [1.82, 2.24) is 10.2 Å². The lowest BCUT2D eigenvalue weighted by Crippen LogP contribution is -2.18. The van der Waals surface area contributed by atoms with Crippen LogP contribution >= 0.6 is 23.1 Å². The van der Waals surface area contributed by atoms with E-state index >= 15 is 0 Å². The van der Waals surface area contributed by atoms with Crippen molar-refractivity contribution in [1.29, 1.82) is 0 Å². The molecule has 0 amide bonds. The molecule has 1 fully saturated rings. The standard InChI is InChI=1S/C15H16FN3O2S2/c16-11-5-3-10(4-6-11)13(20)9-22-15-19-18-14(23-15)17-8-12-2-1-7-21-12/h3-6,12H,1-2,7-9H2,(H,17,18). The summed E-state index contributed by atoms with van der Waals surface area (Å²) in [5.74, 6) is -0.147. The van der Waals surface area contributed by atoms with E-state index < -0.39 is 0 Å². The summed E-state index contributed by atoms with van der Waals surface area (Å²) in [6.45, 7) is 1.56. The summed E-state index contributed by atoms with van der Waals surface area (Å²) in [5.41, 5.74) is 0.500. The van der Waals surface area contributed by atoms with Gasteiger partial charge in [-0.3, -0.25) is 4.79 Å². The summed E-state index contributed by atoms with van der Waals surface area (Å²) in [7, 11) is 0. The molecule has 2 aromatic rings. The first-order chi connectivity index (χ1) is 11.2. The van der Waals surface area contributed by atoms with E-state index in [1.165, 1.54) is 47.4 Å². The SMILES string of the molecule is O=C(CSc1nnc(NCC2CCCO2)s1)c1ccc(F)cc1. The zero-order chi connectivity index (χ0) is 16.1. The third-order valence-electron chi connectivity index (χ3n) is 3.40. The van der Waals surface area contributed by atoms with Crippen LogP contribution < -0.4 is 5.32 Å². The summed E-state index contributed by atoms with van der Waals surface area (Å²) >= 11 is 2.75. The van der Waals surface area contributed by atoms with Gasteiger partial charge in [0.1, 0.15) is 5.82 Å². The monoisotopic (exact) mass is 353 g/mol. The van der Waals surface area contributed by atoms with Gasteiger partial charge in [-0.15, -0.1) is 10.2 Å². The molecule has 1 saturated heterocycles. The van der Waals surface area contributed by atoms with Crippen molar-refractivity contribution in [2.75, 3.05) is 24.2 Å². The number of nitrogens with one attached hydrogen (secondary N) is 1. The van der Waals surface area contributed by atoms with Gasteiger partial charge in [0.05, 0.1) is 11.9 Å². The average Bonchev–Trinajstić information content (AvgIpc) is 3.23. The van der Waals surface area contributed by atoms with Crippen LogP contribution in [0.4, 0.5) is 9.52 Å². The number of carbonyl (C=O) groups excluding carboxylic acids is 1. The number of thioether (sulfide) groups is 1. The normalized spacial score (nSPS) is 17.3. The molecule has 0 aliphatic carbocycles. The number of ether oxygens (including phenoxy) is 1. The Labute approximate surface area is 141 Å². The van der Waals surface area contributed by atoms with Crippen molar-refractivity contribution in [3.63, 3.8) is 0 Å². The topological polar surface area (TPSA) is 64.1 Å². The first-order valence-corrected chi connectivity index (χ1v) is 9.11. The molecule has 3 rings (SSSR count). The highest BCUT2D eigenvalue weighted by molar-refractivity contribution is 8.01. The second-order valence-corrected chi connectivity index (χ2v) is 7.31. The number of ketones is 1. The van der Waals surface area contributed by atoms with Crippen molar-refractivity contribution in [2.45, 2.75) is 23.3 Å². The molecule has 8 heteroatoms. The summed E-state index contributed by atoms with van der Waals surface area (Å²) in [6, 6.07) is 5.56. The Morgan fingerprint density at radius 2 is 2.22 bits per heavy atom. The highest BCUT2D eigenvalue weighted by Gasteiger charge is 2.16. The number of anilines is 1. The summed E-state index contributed by atoms with van der Waals surface area (Å²) < 4.78 is 19.1. The van der Waals surface area contributed by atoms with Crippen LogP contribution in [0.3, 0.4) is 0 Å². The molecule has 0 saturated carbocycles. The van der Waals surface area contributed by atoms with Gasteiger partial charge in [0.2, 0.25) is 5.13 Å². The molecule has 0 radical (unpaired) electrons. The van der Waals surface area contributed by atoms with E-state index in [1.807, 2.05) is 0 Å². The van der Waals surface area contributed by atoms with Crippen LogP contribution in [-0.4, -0.2) is 41.0 Å². The molecular weight excluding hydrogens is 337 g/mol. The molecule has 1 atom stereocenters. The average molecular weight is 353 g/mol. The van der Waals surface area contributed by atoms with Crippen molar-refractivity contribution in [3.8, 4) is 0 Å². The fraction of sp³-hybridized carbons (Fsp3) is 0.400. The number of Topliss-reactive ketones (excluding diaryl/α,β-unsaturated/α-hetero) is 1. The lowest BCUT2D eigenvalue weighted by atomic mass is 10.1. The van der Waals surface area contributed by atoms with Gasteiger partial charge < -0.3 is 10.1 Å². The summed E-state index contributed by atoms with van der Waals surface area (Å²) in [5, 5.41) is 12.1. The number of halogens is 1. The Hall–Kier alpha value is -1.51. The van der Waals surface area contributed by atoms with Crippen LogP contribution in [0.15, 0.2) is 28.6 Å². The zero-order valence-corrected chi connectivity index (χ0v) is 14.0. The molecule has 122 valence electrons. The lowest BCUT2D eigenvalue weighted by Gasteiger charge is -2.08. The number of benzene rings is 1. The Bertz CT molecular complexity index is 657. The molecule has 1 N–H and O–H groups in total. The molecule has 1 aromatic carbocycles. The highest BCUT2D eigenvalue weighted by atomic mass is 32.2. The quantitative estimate of drug-likeness (QED) is 0.609. The van der Waals surface area contributed by atoms with Gasteiger partial charge in [0.15, 0.2) is 10.1 Å². The number of nitrogens with zero attached hydrogens (tertiary/aromatic N) is 2. The molecule has 23 heavy (non-hydrogen) atoms. The first-order valence-electron chi connectivity index (χ1n) is 7.31. The number of aromatic nitrogens is 2. The number of carbonyl (C=O) groups is 1. The van der Waals surface area contributed by atoms with Gasteiger partial charge in [-0.25, -0.2) is 4.39 Å². The van der Waals surface area contributed by atoms with Gasteiger partial charge >= 0.3 is 0 Å². The summed E-state index contributed by atoms with van der Waals surface area (Å²) in [6.07, 6.45) is 2.42. The molecule has 0 spiro atoms. The van der Waals surface area contributed by atoms with E-state index in [-0.39, 0.29) is 23.5 Å². The maximum atomic E-state index is 12.8. The Morgan fingerprint density at radius 1 is 1.39 bits per heavy atom. The third-order valence-corrected chi connectivity index (χ3v) is 5.42. The summed E-state index contributed by atoms with van der Waals surface area (Å²) in [4.78, 5) is 12.0. The van der Waals surface area contributed by atoms with Crippen LogP contribution in [0.2, 0.25) is 0 Å². The van der Waals surface area contributed by atoms with Crippen LogP contribution in [0, 0.1) is 5.82 Å². The van der Waals surface area contributed by atoms with Crippen LogP contribution in [0.25, 0.3) is 0 Å². The maximum Gasteiger partial charge on any atom is 0.206 e. The van der Waals surface area contributed by atoms with Gasteiger partial charge in [-0.2, -0.15) is 0 Å². The van der Waals surface area contributed by atoms with Crippen LogP contribution in [-0.2, 0) is 4.74 Å². The number of hydrogen-bond acceptors (Lipinski definition) is 7. The van der Waals surface area contributed by atoms with E-state index in [4.69, 9.17) is 4.74 Å². The van der Waals surface area contributed by atoms with Gasteiger partial charge in [-0.05, 0) is 37.1 Å². The smallest absolute Gasteiger partial charge is 0.206 e. The minimum absolute atomic E-state index is 0.0564. The second kappa shape index (κ2) is 7.85. The molecule has 1 aliphatic heterocycles. The largest absolute Gasteiger partial charge is 0.376 e. The first kappa shape index (κ1) is 16.4. The van der Waals surface area contributed by atoms with Crippen molar-refractivity contribution >= 4 is 34.0 Å². The Morgan fingerprint density at radius 3 is 2.96 bits per heavy atom. The molecule has 2 heterocycles. The highest BCUT2D eigenvalue weighted by Crippen LogP contribution is 2.26. The van der Waals surface area contributed by atoms with E-state index in [9.17, 15) is 9.18 Å². The minimum atomic E-state index is -0.347. The van der Waals surface area contributed by atoms with Gasteiger partial charge in [0.25, 0.3) is 0 Å². The number of rotatable bonds is 7. The third kappa shape index (κ3) is 4.73. The molecule has 1 unspecified atom stereocenters. The van der Waals surface area contributed by atoms with Crippen molar-refractivity contribution < 1.29 is 13.9 Å². The van der Waals surface area contributed by atoms with Gasteiger partial charge in [-0.1, -0.05) is 23.1 Å². The fourth-order valence-corrected chi connectivity index (χ4v) is 3.85. The maximum absolute atomic E-state index is 12.8. The zero-order valence-electron chi connectivity index (χ0n) is 12.3. The minimum Gasteiger partial charge on any atom is -0.376 e. The molecule has 1 aliphatic rings. The lowest BCUT2D eigenvalue weighted by molar-refractivity contribution is 0.102. The van der Waals surface area contributed by atoms with E-state index in [2.05, 4.69) is 15.5 Å². The van der Waals surface area contributed by atoms with E-state index in [0.717, 1.165) is 35.5 Å². The second-order valence-electron chi connectivity index (χ2n) is 5.11. The molecule has 5 nitrogen and oxygen atoms in total. The van der Waals surface area contributed by atoms with Gasteiger partial charge in [0, 0.05) is 18.7 Å². The van der Waals surface area contributed by atoms with Crippen molar-refractivity contribution in [3.05, 3.63) is 35.6 Å². The van der Waals surface area contributed by atoms with Crippen molar-refractivity contribution in [2.24, 2.45) is 0 Å². The van der Waals surface area contributed by atoms with Crippen LogP contribution in [0.5, 0.6) is 0 Å². The molecule has 0 bridgehead atoms. The van der Waals surface area contributed by atoms with Crippen LogP contribution in [0.1, 0.15) is 23.2 Å². The fourth-order valence-electron chi connectivity index (χ4n) is 2.19. The molecular formula is C15H16FN3O2S2. The number of hydrogen-bond donors (Lipinski definition) is 1.